The first-order chi connectivity index (χ1) is 8.34. The van der Waals surface area contributed by atoms with Crippen LogP contribution >= 0.6 is 24.8 Å². The summed E-state index contributed by atoms with van der Waals surface area (Å²) in [5.74, 6) is 0.149. The highest BCUT2D eigenvalue weighted by Crippen LogP contribution is 2.04. The van der Waals surface area contributed by atoms with Crippen LogP contribution in [-0.4, -0.2) is 30.0 Å². The van der Waals surface area contributed by atoms with E-state index in [2.05, 4.69) is 15.6 Å². The van der Waals surface area contributed by atoms with Crippen molar-refractivity contribution in [3.05, 3.63) is 30.1 Å². The summed E-state index contributed by atoms with van der Waals surface area (Å²) in [4.78, 5) is 15.7. The molecule has 0 saturated carbocycles. The van der Waals surface area contributed by atoms with E-state index >= 15 is 0 Å². The molecule has 1 aromatic heterocycles. The van der Waals surface area contributed by atoms with Gasteiger partial charge >= 0.3 is 0 Å². The Balaban J connectivity index is 0.00000162. The van der Waals surface area contributed by atoms with Crippen molar-refractivity contribution in [1.29, 1.82) is 0 Å². The lowest BCUT2D eigenvalue weighted by Gasteiger charge is -2.23. The molecule has 0 spiro atoms. The zero-order valence-electron chi connectivity index (χ0n) is 10.8. The number of nitrogens with one attached hydrogen (secondary N) is 2. The van der Waals surface area contributed by atoms with Crippen LogP contribution in [0.3, 0.4) is 0 Å². The number of hydrogen-bond acceptors (Lipinski definition) is 3. The van der Waals surface area contributed by atoms with Gasteiger partial charge in [0.25, 0.3) is 0 Å². The van der Waals surface area contributed by atoms with Crippen LogP contribution in [0.4, 0.5) is 0 Å². The Kier molecular flexibility index (Phi) is 9.57. The van der Waals surface area contributed by atoms with Gasteiger partial charge in [-0.1, -0.05) is 0 Å². The maximum Gasteiger partial charge on any atom is 0.220 e. The molecule has 0 radical (unpaired) electrons. The molecule has 19 heavy (non-hydrogen) atoms. The summed E-state index contributed by atoms with van der Waals surface area (Å²) in [6, 6.07) is 4.22. The molecule has 1 unspecified atom stereocenters. The number of aromatic nitrogens is 1. The summed E-state index contributed by atoms with van der Waals surface area (Å²) >= 11 is 0. The molecular weight excluding hydrogens is 285 g/mol. The fourth-order valence-electron chi connectivity index (χ4n) is 2.08. The van der Waals surface area contributed by atoms with Gasteiger partial charge < -0.3 is 10.6 Å². The molecule has 1 saturated heterocycles. The Morgan fingerprint density at radius 2 is 2.11 bits per heavy atom. The molecule has 4 nitrogen and oxygen atoms in total. The standard InChI is InChI=1S/C13H19N3O.2ClH/c17-13(16-12-2-1-7-15-10-12)4-3-11-5-8-14-9-6-11;;/h5-6,8-9,12,15H,1-4,7,10H2,(H,16,17);2*1H. The molecule has 2 heterocycles. The Labute approximate surface area is 126 Å². The third-order valence-corrected chi connectivity index (χ3v) is 3.05. The van der Waals surface area contributed by atoms with E-state index in [4.69, 9.17) is 0 Å². The summed E-state index contributed by atoms with van der Waals surface area (Å²) in [5, 5.41) is 6.36. The molecule has 2 rings (SSSR count). The second-order valence-electron chi connectivity index (χ2n) is 4.47. The van der Waals surface area contributed by atoms with Gasteiger partial charge in [0, 0.05) is 31.4 Å². The minimum Gasteiger partial charge on any atom is -0.352 e. The lowest BCUT2D eigenvalue weighted by molar-refractivity contribution is -0.121. The summed E-state index contributed by atoms with van der Waals surface area (Å²) < 4.78 is 0. The average Bonchev–Trinajstić information content (AvgIpc) is 2.39. The number of hydrogen-bond donors (Lipinski definition) is 2. The summed E-state index contributed by atoms with van der Waals surface area (Å²) in [6.07, 6.45) is 7.11. The van der Waals surface area contributed by atoms with Gasteiger partial charge in [-0.25, -0.2) is 0 Å². The molecule has 1 aromatic rings. The van der Waals surface area contributed by atoms with Crippen molar-refractivity contribution < 1.29 is 4.79 Å². The monoisotopic (exact) mass is 305 g/mol. The smallest absolute Gasteiger partial charge is 0.220 e. The van der Waals surface area contributed by atoms with Crippen LogP contribution in [0.25, 0.3) is 0 Å². The van der Waals surface area contributed by atoms with E-state index in [0.717, 1.165) is 37.9 Å². The number of nitrogens with zero attached hydrogens (tertiary/aromatic N) is 1. The quantitative estimate of drug-likeness (QED) is 0.891. The number of rotatable bonds is 4. The average molecular weight is 306 g/mol. The maximum atomic E-state index is 11.7. The molecule has 1 aliphatic heterocycles. The third-order valence-electron chi connectivity index (χ3n) is 3.05. The Morgan fingerprint density at radius 1 is 1.37 bits per heavy atom. The van der Waals surface area contributed by atoms with Crippen LogP contribution in [0.1, 0.15) is 24.8 Å². The van der Waals surface area contributed by atoms with Crippen molar-refractivity contribution in [2.45, 2.75) is 31.7 Å². The van der Waals surface area contributed by atoms with Crippen molar-refractivity contribution in [1.82, 2.24) is 15.6 Å². The molecule has 2 N–H and O–H groups in total. The number of pyridine rings is 1. The first-order valence-electron chi connectivity index (χ1n) is 6.23. The largest absolute Gasteiger partial charge is 0.352 e. The predicted octanol–water partition coefficient (Wildman–Crippen LogP) is 1.73. The lowest BCUT2D eigenvalue weighted by atomic mass is 10.1. The minimum atomic E-state index is 0. The molecule has 0 bridgehead atoms. The number of amides is 1. The maximum absolute atomic E-state index is 11.7. The van der Waals surface area contributed by atoms with Crippen molar-refractivity contribution >= 4 is 30.7 Å². The van der Waals surface area contributed by atoms with Crippen LogP contribution < -0.4 is 10.6 Å². The minimum absolute atomic E-state index is 0. The molecule has 1 amide bonds. The number of piperidine rings is 1. The summed E-state index contributed by atoms with van der Waals surface area (Å²) in [7, 11) is 0. The van der Waals surface area contributed by atoms with Crippen LogP contribution in [0.2, 0.25) is 0 Å². The van der Waals surface area contributed by atoms with Crippen LogP contribution in [-0.2, 0) is 11.2 Å². The highest BCUT2D eigenvalue weighted by atomic mass is 35.5. The fraction of sp³-hybridized carbons (Fsp3) is 0.538. The molecule has 0 aromatic carbocycles. The number of halogens is 2. The molecule has 1 fully saturated rings. The molecular formula is C13H21Cl2N3O. The molecule has 1 aliphatic rings. The van der Waals surface area contributed by atoms with Crippen LogP contribution in [0, 0.1) is 0 Å². The van der Waals surface area contributed by atoms with Gasteiger partial charge in [-0.15, -0.1) is 24.8 Å². The fourth-order valence-corrected chi connectivity index (χ4v) is 2.08. The van der Waals surface area contributed by atoms with E-state index in [1.54, 1.807) is 12.4 Å². The topological polar surface area (TPSA) is 54.0 Å². The first kappa shape index (κ1) is 18.2. The first-order valence-corrected chi connectivity index (χ1v) is 6.23. The zero-order chi connectivity index (χ0) is 11.9. The van der Waals surface area contributed by atoms with E-state index in [0.29, 0.717) is 12.5 Å². The SMILES string of the molecule is Cl.Cl.O=C(CCc1ccncc1)NC1CCCNC1. The van der Waals surface area contributed by atoms with Crippen LogP contribution in [0.5, 0.6) is 0 Å². The van der Waals surface area contributed by atoms with E-state index in [9.17, 15) is 4.79 Å². The number of carbonyl (C=O) groups excluding carboxylic acids is 1. The van der Waals surface area contributed by atoms with Gasteiger partial charge in [0.2, 0.25) is 5.91 Å². The van der Waals surface area contributed by atoms with Crippen molar-refractivity contribution in [2.24, 2.45) is 0 Å². The molecule has 108 valence electrons. The van der Waals surface area contributed by atoms with Gasteiger partial charge in [0.15, 0.2) is 0 Å². The zero-order valence-corrected chi connectivity index (χ0v) is 12.4. The van der Waals surface area contributed by atoms with Crippen LogP contribution in [0.15, 0.2) is 24.5 Å². The predicted molar refractivity (Wildman–Crippen MR) is 81.1 cm³/mol. The molecule has 6 heteroatoms. The summed E-state index contributed by atoms with van der Waals surface area (Å²) in [5.41, 5.74) is 1.16. The number of aryl methyl sites for hydroxylation is 1. The van der Waals surface area contributed by atoms with Gasteiger partial charge in [0.1, 0.15) is 0 Å². The van der Waals surface area contributed by atoms with E-state index in [1.165, 1.54) is 0 Å². The number of carbonyl (C=O) groups is 1. The van der Waals surface area contributed by atoms with E-state index < -0.39 is 0 Å². The van der Waals surface area contributed by atoms with E-state index in [1.807, 2.05) is 12.1 Å². The normalized spacial score (nSPS) is 17.8. The second-order valence-corrected chi connectivity index (χ2v) is 4.47. The van der Waals surface area contributed by atoms with Gasteiger partial charge in [-0.05, 0) is 43.5 Å². The van der Waals surface area contributed by atoms with Crippen molar-refractivity contribution in [3.8, 4) is 0 Å². The van der Waals surface area contributed by atoms with Gasteiger partial charge in [-0.3, -0.25) is 9.78 Å². The third kappa shape index (κ3) is 6.76. The van der Waals surface area contributed by atoms with E-state index in [-0.39, 0.29) is 30.7 Å². The highest BCUT2D eigenvalue weighted by molar-refractivity contribution is 5.85. The highest BCUT2D eigenvalue weighted by Gasteiger charge is 2.14. The van der Waals surface area contributed by atoms with Crippen molar-refractivity contribution in [3.63, 3.8) is 0 Å². The van der Waals surface area contributed by atoms with Gasteiger partial charge in [-0.2, -0.15) is 0 Å². The second kappa shape index (κ2) is 10.0. The molecule has 0 aliphatic carbocycles. The molecule has 1 atom stereocenters. The van der Waals surface area contributed by atoms with Gasteiger partial charge in [0.05, 0.1) is 0 Å². The van der Waals surface area contributed by atoms with Crippen molar-refractivity contribution in [2.75, 3.05) is 13.1 Å². The Bertz CT molecular complexity index is 356. The lowest BCUT2D eigenvalue weighted by Crippen LogP contribution is -2.45. The summed E-state index contributed by atoms with van der Waals surface area (Å²) in [6.45, 7) is 1.98. The Morgan fingerprint density at radius 3 is 2.74 bits per heavy atom. The Hall–Kier alpha value is -0.840.